The maximum absolute atomic E-state index is 12.1. The molecule has 2 aromatic carbocycles. The molecule has 0 saturated heterocycles. The molecule has 28 heavy (non-hydrogen) atoms. The zero-order valence-corrected chi connectivity index (χ0v) is 17.0. The number of aromatic hydroxyl groups is 2. The van der Waals surface area contributed by atoms with Crippen LogP contribution in [0.2, 0.25) is 0 Å². The number of unbranched alkanes of at least 4 members (excludes halogenated alkanes) is 1. The van der Waals surface area contributed by atoms with Crippen molar-refractivity contribution in [2.24, 2.45) is 0 Å². The molecule has 0 saturated carbocycles. The number of nitrogens with zero attached hydrogens (tertiary/aromatic N) is 1. The molecule has 1 heterocycles. The molecule has 0 spiro atoms. The maximum atomic E-state index is 12.1. The quantitative estimate of drug-likeness (QED) is 0.346. The van der Waals surface area contributed by atoms with Gasteiger partial charge in [0.25, 0.3) is 0 Å². The van der Waals surface area contributed by atoms with E-state index in [-0.39, 0.29) is 31.9 Å². The van der Waals surface area contributed by atoms with Crippen molar-refractivity contribution in [3.8, 4) is 22.8 Å². The molecule has 0 aliphatic rings. The Morgan fingerprint density at radius 3 is 2.71 bits per heavy atom. The van der Waals surface area contributed by atoms with E-state index < -0.39 is 0 Å². The molecule has 0 fully saturated rings. The third-order valence-corrected chi connectivity index (χ3v) is 5.65. The summed E-state index contributed by atoms with van der Waals surface area (Å²) in [6.45, 7) is 1.21. The number of anilines is 1. The summed E-state index contributed by atoms with van der Waals surface area (Å²) >= 11 is -0.0892. The summed E-state index contributed by atoms with van der Waals surface area (Å²) in [5, 5.41) is 22.1. The Bertz CT molecular complexity index is 912. The molecule has 1 aromatic heterocycles. The number of benzene rings is 2. The van der Waals surface area contributed by atoms with Gasteiger partial charge in [-0.15, -0.1) is 0 Å². The number of hydrogen-bond donors (Lipinski definition) is 3. The molecule has 3 rings (SSSR count). The average Bonchev–Trinajstić information content (AvgIpc) is 3.13. The number of carbonyl (C=O) groups excluding carboxylic acids is 1. The van der Waals surface area contributed by atoms with E-state index in [1.165, 1.54) is 12.1 Å². The first kappa shape index (κ1) is 20.1. The molecule has 0 aliphatic carbocycles. The molecule has 0 bridgehead atoms. The van der Waals surface area contributed by atoms with Crippen LogP contribution in [0, 0.1) is 0 Å². The third kappa shape index (κ3) is 5.96. The number of phenolic OH excluding ortho intramolecular Hbond substituents is 2. The second-order valence-corrected chi connectivity index (χ2v) is 8.08. The minimum absolute atomic E-state index is 0.00406. The Balaban J connectivity index is 1.38. The van der Waals surface area contributed by atoms with Crippen LogP contribution in [0.5, 0.6) is 11.5 Å². The minimum atomic E-state index is -0.0892. The van der Waals surface area contributed by atoms with Crippen LogP contribution in [0.4, 0.5) is 4.69 Å². The van der Waals surface area contributed by atoms with Gasteiger partial charge < -0.3 is 0 Å². The van der Waals surface area contributed by atoms with Gasteiger partial charge in [0.15, 0.2) is 0 Å². The molecule has 146 valence electrons. The fraction of sp³-hybridized carbons (Fsp3) is 0.238. The SMILES string of the molecule is O=C(CCCCOCc1ccccc1)Nc1nc(-c2ccc(O)cc2O)c[se]1. The molecule has 0 aliphatic heterocycles. The first-order chi connectivity index (χ1) is 13.6. The molecule has 6 nitrogen and oxygen atoms in total. The van der Waals surface area contributed by atoms with Crippen molar-refractivity contribution in [3.63, 3.8) is 0 Å². The van der Waals surface area contributed by atoms with E-state index in [2.05, 4.69) is 10.3 Å². The van der Waals surface area contributed by atoms with Crippen LogP contribution >= 0.6 is 0 Å². The van der Waals surface area contributed by atoms with Gasteiger partial charge in [-0.3, -0.25) is 0 Å². The Hall–Kier alpha value is -2.60. The molecule has 0 unspecified atom stereocenters. The van der Waals surface area contributed by atoms with Gasteiger partial charge in [-0.1, -0.05) is 6.07 Å². The van der Waals surface area contributed by atoms with Crippen molar-refractivity contribution in [3.05, 3.63) is 59.0 Å². The summed E-state index contributed by atoms with van der Waals surface area (Å²) in [6.07, 6.45) is 1.99. The third-order valence-electron chi connectivity index (χ3n) is 4.06. The number of ether oxygens (including phenoxy) is 1. The predicted octanol–water partition coefficient (Wildman–Crippen LogP) is 3.54. The average molecular weight is 445 g/mol. The number of carbonyl (C=O) groups is 1. The fourth-order valence-electron chi connectivity index (χ4n) is 2.63. The van der Waals surface area contributed by atoms with Crippen LogP contribution in [-0.2, 0) is 16.1 Å². The summed E-state index contributed by atoms with van der Waals surface area (Å²) in [5.74, 6) is -0.0993. The summed E-state index contributed by atoms with van der Waals surface area (Å²) in [7, 11) is 0. The zero-order chi connectivity index (χ0) is 19.8. The topological polar surface area (TPSA) is 91.7 Å². The molecule has 7 heteroatoms. The normalized spacial score (nSPS) is 10.7. The monoisotopic (exact) mass is 446 g/mol. The first-order valence-electron chi connectivity index (χ1n) is 9.01. The second-order valence-electron chi connectivity index (χ2n) is 6.28. The van der Waals surface area contributed by atoms with E-state index in [4.69, 9.17) is 4.74 Å². The van der Waals surface area contributed by atoms with Crippen molar-refractivity contribution >= 4 is 25.1 Å². The van der Waals surface area contributed by atoms with E-state index in [1.54, 1.807) is 6.07 Å². The first-order valence-corrected chi connectivity index (χ1v) is 10.9. The Morgan fingerprint density at radius 1 is 1.11 bits per heavy atom. The van der Waals surface area contributed by atoms with Gasteiger partial charge >= 0.3 is 163 Å². The Labute approximate surface area is 169 Å². The number of amides is 1. The summed E-state index contributed by atoms with van der Waals surface area (Å²) in [6, 6.07) is 14.4. The molecule has 0 radical (unpaired) electrons. The summed E-state index contributed by atoms with van der Waals surface area (Å²) in [5.41, 5.74) is 2.30. The standard InChI is InChI=1S/C21H22N2O4Se/c24-16-9-10-17(19(25)12-16)18-14-28-21(22-18)23-20(26)8-4-5-11-27-13-15-6-2-1-3-7-15/h1-3,6-7,9-10,12,14,24-25H,4-5,8,11,13H2,(H,22,23,26). The van der Waals surface area contributed by atoms with E-state index in [0.717, 1.165) is 18.4 Å². The Kier molecular flexibility index (Phi) is 7.25. The van der Waals surface area contributed by atoms with Gasteiger partial charge in [0.05, 0.1) is 0 Å². The Morgan fingerprint density at radius 2 is 1.93 bits per heavy atom. The van der Waals surface area contributed by atoms with Crippen molar-refractivity contribution in [2.75, 3.05) is 11.9 Å². The van der Waals surface area contributed by atoms with Gasteiger partial charge in [-0.2, -0.15) is 0 Å². The molecule has 1 amide bonds. The number of phenols is 2. The van der Waals surface area contributed by atoms with Crippen molar-refractivity contribution < 1.29 is 19.7 Å². The number of hydrogen-bond acceptors (Lipinski definition) is 5. The summed E-state index contributed by atoms with van der Waals surface area (Å²) < 4.78 is 6.24. The van der Waals surface area contributed by atoms with E-state index in [9.17, 15) is 15.0 Å². The van der Waals surface area contributed by atoms with Gasteiger partial charge in [0.2, 0.25) is 0 Å². The van der Waals surface area contributed by atoms with Crippen molar-refractivity contribution in [1.29, 1.82) is 0 Å². The molecule has 0 atom stereocenters. The fourth-order valence-corrected chi connectivity index (χ4v) is 4.15. The summed E-state index contributed by atoms with van der Waals surface area (Å²) in [4.78, 5) is 18.4. The van der Waals surface area contributed by atoms with Crippen LogP contribution in [0.15, 0.2) is 53.5 Å². The van der Waals surface area contributed by atoms with E-state index >= 15 is 0 Å². The van der Waals surface area contributed by atoms with Crippen molar-refractivity contribution in [1.82, 2.24) is 4.98 Å². The van der Waals surface area contributed by atoms with Crippen LogP contribution in [-0.4, -0.2) is 42.2 Å². The van der Waals surface area contributed by atoms with Gasteiger partial charge in [0, 0.05) is 0 Å². The van der Waals surface area contributed by atoms with Crippen LogP contribution in [0.1, 0.15) is 24.8 Å². The van der Waals surface area contributed by atoms with Crippen LogP contribution in [0.25, 0.3) is 11.3 Å². The molecule has 3 N–H and O–H groups in total. The molecule has 3 aromatic rings. The van der Waals surface area contributed by atoms with Gasteiger partial charge in [-0.25, -0.2) is 0 Å². The van der Waals surface area contributed by atoms with Crippen LogP contribution < -0.4 is 5.32 Å². The number of nitrogens with one attached hydrogen (secondary N) is 1. The number of aromatic nitrogens is 1. The number of rotatable bonds is 9. The van der Waals surface area contributed by atoms with Gasteiger partial charge in [0.1, 0.15) is 0 Å². The molecular weight excluding hydrogens is 423 g/mol. The zero-order valence-electron chi connectivity index (χ0n) is 15.3. The van der Waals surface area contributed by atoms with Gasteiger partial charge in [-0.05, 0) is 0 Å². The molecular formula is C21H22N2O4Se. The van der Waals surface area contributed by atoms with Crippen LogP contribution in [0.3, 0.4) is 0 Å². The predicted molar refractivity (Wildman–Crippen MR) is 109 cm³/mol. The van der Waals surface area contributed by atoms with E-state index in [0.29, 0.717) is 35.6 Å². The second kappa shape index (κ2) is 10.1. The van der Waals surface area contributed by atoms with E-state index in [1.807, 2.05) is 35.3 Å². The van der Waals surface area contributed by atoms with Crippen molar-refractivity contribution in [2.45, 2.75) is 25.9 Å².